The number of hydrogen-bond donors (Lipinski definition) is 3. The molecule has 174 valence electrons. The third-order valence-electron chi connectivity index (χ3n) is 7.33. The van der Waals surface area contributed by atoms with Gasteiger partial charge in [-0.2, -0.15) is 0 Å². The molecule has 1 saturated heterocycles. The van der Waals surface area contributed by atoms with Gasteiger partial charge in [-0.25, -0.2) is 9.18 Å². The summed E-state index contributed by atoms with van der Waals surface area (Å²) in [6, 6.07) is 11.1. The molecule has 1 aliphatic heterocycles. The molecule has 1 atom stereocenters. The van der Waals surface area contributed by atoms with E-state index in [0.717, 1.165) is 46.4 Å². The van der Waals surface area contributed by atoms with E-state index in [1.165, 1.54) is 0 Å². The van der Waals surface area contributed by atoms with Gasteiger partial charge >= 0.3 is 5.97 Å². The summed E-state index contributed by atoms with van der Waals surface area (Å²) in [7, 11) is 1.69. The maximum Gasteiger partial charge on any atom is 0.335 e. The summed E-state index contributed by atoms with van der Waals surface area (Å²) in [4.78, 5) is 17.1. The predicted octanol–water partition coefficient (Wildman–Crippen LogP) is 4.38. The normalized spacial score (nSPS) is 22.4. The zero-order valence-corrected chi connectivity index (χ0v) is 19.1. The Morgan fingerprint density at radius 2 is 2.00 bits per heavy atom. The molecule has 0 spiro atoms. The quantitative estimate of drug-likeness (QED) is 0.497. The summed E-state index contributed by atoms with van der Waals surface area (Å²) in [6.07, 6.45) is 3.47. The van der Waals surface area contributed by atoms with Crippen LogP contribution < -0.4 is 10.1 Å². The first kappa shape index (κ1) is 21.9. The Hall–Kier alpha value is -2.90. The van der Waals surface area contributed by atoms with Gasteiger partial charge in [-0.1, -0.05) is 12.1 Å². The summed E-state index contributed by atoms with van der Waals surface area (Å²) >= 11 is 0. The number of halogens is 1. The number of aromatic nitrogens is 1. The molecule has 2 fully saturated rings. The molecule has 3 N–H and O–H groups in total. The van der Waals surface area contributed by atoms with Crippen LogP contribution in [0, 0.1) is 6.92 Å². The summed E-state index contributed by atoms with van der Waals surface area (Å²) < 4.78 is 21.1. The highest BCUT2D eigenvalue weighted by Crippen LogP contribution is 2.51. The third kappa shape index (κ3) is 3.89. The van der Waals surface area contributed by atoms with Gasteiger partial charge in [0.2, 0.25) is 0 Å². The van der Waals surface area contributed by atoms with Gasteiger partial charge in [-0.3, -0.25) is 4.90 Å². The first-order chi connectivity index (χ1) is 15.8. The molecule has 2 aromatic carbocycles. The lowest BCUT2D eigenvalue weighted by Gasteiger charge is -2.49. The Bertz CT molecular complexity index is 1190. The number of carbonyl (C=O) groups is 1. The van der Waals surface area contributed by atoms with E-state index in [-0.39, 0.29) is 5.56 Å². The smallest absolute Gasteiger partial charge is 0.335 e. The number of carboxylic acid groups (broad SMARTS) is 1. The lowest BCUT2D eigenvalue weighted by Crippen LogP contribution is -2.59. The van der Waals surface area contributed by atoms with E-state index in [4.69, 9.17) is 4.74 Å². The number of carboxylic acids is 1. The van der Waals surface area contributed by atoms with Crippen molar-refractivity contribution in [2.24, 2.45) is 0 Å². The Morgan fingerprint density at radius 3 is 2.67 bits per heavy atom. The standard InChI is InChI=1S/C26H30FN3O3/c1-17-13-22(33-2)21(20-7-10-29-23(17)20)14-30-12-11-28-16-26(30,15-25(27)8-9-25)19-5-3-18(4-6-19)24(31)32/h3-7,10,13,28-29H,8-9,11-12,14-16H2,1-2H3,(H,31,32). The second kappa shape index (κ2) is 8.15. The number of aromatic carboxylic acids is 1. The largest absolute Gasteiger partial charge is 0.496 e. The zero-order valence-electron chi connectivity index (χ0n) is 19.1. The first-order valence-corrected chi connectivity index (χ1v) is 11.5. The van der Waals surface area contributed by atoms with Crippen molar-refractivity contribution in [3.8, 4) is 5.75 Å². The molecule has 33 heavy (non-hydrogen) atoms. The summed E-state index contributed by atoms with van der Waals surface area (Å²) in [5.41, 5.74) is 2.70. The third-order valence-corrected chi connectivity index (χ3v) is 7.33. The van der Waals surface area contributed by atoms with Crippen LogP contribution in [0.1, 0.15) is 46.3 Å². The molecule has 5 rings (SSSR count). The van der Waals surface area contributed by atoms with Gasteiger partial charge in [0.25, 0.3) is 0 Å². The van der Waals surface area contributed by atoms with Crippen molar-refractivity contribution in [3.05, 3.63) is 64.8 Å². The highest BCUT2D eigenvalue weighted by Gasteiger charge is 2.53. The zero-order chi connectivity index (χ0) is 23.2. The minimum absolute atomic E-state index is 0.236. The number of methoxy groups -OCH3 is 1. The van der Waals surface area contributed by atoms with Gasteiger partial charge in [-0.05, 0) is 55.2 Å². The van der Waals surface area contributed by atoms with E-state index in [2.05, 4.69) is 34.3 Å². The predicted molar refractivity (Wildman–Crippen MR) is 126 cm³/mol. The van der Waals surface area contributed by atoms with Crippen LogP contribution in [0.4, 0.5) is 4.39 Å². The van der Waals surface area contributed by atoms with Crippen LogP contribution in [0.15, 0.2) is 42.6 Å². The van der Waals surface area contributed by atoms with Crippen molar-refractivity contribution < 1.29 is 19.0 Å². The van der Waals surface area contributed by atoms with Crippen LogP contribution in [-0.2, 0) is 12.1 Å². The first-order valence-electron chi connectivity index (χ1n) is 11.5. The molecule has 3 aromatic rings. The number of aryl methyl sites for hydroxylation is 1. The molecular formula is C26H30FN3O3. The Kier molecular flexibility index (Phi) is 5.41. The van der Waals surface area contributed by atoms with Crippen molar-refractivity contribution in [2.75, 3.05) is 26.7 Å². The van der Waals surface area contributed by atoms with E-state index in [9.17, 15) is 9.90 Å². The van der Waals surface area contributed by atoms with E-state index in [1.807, 2.05) is 18.3 Å². The fraction of sp³-hybridized carbons (Fsp3) is 0.423. The van der Waals surface area contributed by atoms with Crippen LogP contribution in [0.25, 0.3) is 10.9 Å². The molecule has 1 saturated carbocycles. The highest BCUT2D eigenvalue weighted by atomic mass is 19.1. The van der Waals surface area contributed by atoms with Crippen LogP contribution >= 0.6 is 0 Å². The van der Waals surface area contributed by atoms with E-state index in [1.54, 1.807) is 19.2 Å². The summed E-state index contributed by atoms with van der Waals surface area (Å²) in [6.45, 7) is 4.83. The summed E-state index contributed by atoms with van der Waals surface area (Å²) in [5.74, 6) is -0.132. The fourth-order valence-corrected chi connectivity index (χ4v) is 5.36. The maximum atomic E-state index is 15.4. The number of nitrogens with one attached hydrogen (secondary N) is 2. The topological polar surface area (TPSA) is 77.6 Å². The lowest BCUT2D eigenvalue weighted by atomic mass is 9.80. The van der Waals surface area contributed by atoms with Crippen LogP contribution in [0.3, 0.4) is 0 Å². The van der Waals surface area contributed by atoms with Crippen LogP contribution in [0.2, 0.25) is 0 Å². The monoisotopic (exact) mass is 451 g/mol. The average molecular weight is 452 g/mol. The van der Waals surface area contributed by atoms with Crippen molar-refractivity contribution in [2.45, 2.75) is 43.9 Å². The SMILES string of the molecule is COc1cc(C)c2[nH]ccc2c1CN1CCNCC1(CC1(F)CC1)c1ccc(C(=O)O)cc1. The number of alkyl halides is 1. The van der Waals surface area contributed by atoms with Gasteiger partial charge in [0.05, 0.1) is 18.2 Å². The average Bonchev–Trinajstić information content (AvgIpc) is 3.32. The number of ether oxygens (including phenoxy) is 1. The van der Waals surface area contributed by atoms with Crippen molar-refractivity contribution >= 4 is 16.9 Å². The van der Waals surface area contributed by atoms with E-state index in [0.29, 0.717) is 32.4 Å². The van der Waals surface area contributed by atoms with Gasteiger partial charge in [0.1, 0.15) is 11.4 Å². The van der Waals surface area contributed by atoms with Gasteiger partial charge in [-0.15, -0.1) is 0 Å². The number of rotatable bonds is 7. The molecule has 1 aromatic heterocycles. The number of aromatic amines is 1. The molecule has 0 bridgehead atoms. The van der Waals surface area contributed by atoms with E-state index < -0.39 is 17.2 Å². The molecule has 1 unspecified atom stereocenters. The molecule has 2 aliphatic rings. The lowest BCUT2D eigenvalue weighted by molar-refractivity contribution is 0.0153. The number of H-pyrrole nitrogens is 1. The molecule has 0 radical (unpaired) electrons. The molecule has 2 heterocycles. The fourth-order valence-electron chi connectivity index (χ4n) is 5.36. The van der Waals surface area contributed by atoms with Crippen molar-refractivity contribution in [1.29, 1.82) is 0 Å². The molecule has 1 aliphatic carbocycles. The minimum atomic E-state index is -1.18. The highest BCUT2D eigenvalue weighted by molar-refractivity contribution is 5.88. The Morgan fingerprint density at radius 1 is 1.24 bits per heavy atom. The Labute approximate surface area is 192 Å². The number of hydrogen-bond acceptors (Lipinski definition) is 4. The van der Waals surface area contributed by atoms with Gasteiger partial charge < -0.3 is 20.1 Å². The Balaban J connectivity index is 1.60. The molecular weight excluding hydrogens is 421 g/mol. The maximum absolute atomic E-state index is 15.4. The number of nitrogens with zero attached hydrogens (tertiary/aromatic N) is 1. The second-order valence-corrected chi connectivity index (χ2v) is 9.48. The van der Waals surface area contributed by atoms with Gasteiger partial charge in [0.15, 0.2) is 0 Å². The number of benzene rings is 2. The molecule has 6 nitrogen and oxygen atoms in total. The number of fused-ring (bicyclic) bond motifs is 1. The second-order valence-electron chi connectivity index (χ2n) is 9.48. The van der Waals surface area contributed by atoms with E-state index >= 15 is 4.39 Å². The number of piperazine rings is 1. The van der Waals surface area contributed by atoms with Crippen molar-refractivity contribution in [1.82, 2.24) is 15.2 Å². The summed E-state index contributed by atoms with van der Waals surface area (Å²) in [5, 5.41) is 14.0. The van der Waals surface area contributed by atoms with Crippen molar-refractivity contribution in [3.63, 3.8) is 0 Å². The van der Waals surface area contributed by atoms with Gasteiger partial charge in [0, 0.05) is 55.3 Å². The molecule has 0 amide bonds. The minimum Gasteiger partial charge on any atom is -0.496 e. The molecule has 7 heteroatoms. The van der Waals surface area contributed by atoms with Crippen LogP contribution in [0.5, 0.6) is 5.75 Å². The van der Waals surface area contributed by atoms with Crippen LogP contribution in [-0.4, -0.2) is 53.4 Å².